The monoisotopic (exact) mass is 275 g/mol. The largest absolute Gasteiger partial charge is 0.326 e. The molecule has 4 heteroatoms. The van der Waals surface area contributed by atoms with Crippen molar-refractivity contribution in [2.75, 3.05) is 24.5 Å². The van der Waals surface area contributed by atoms with E-state index < -0.39 is 0 Å². The van der Waals surface area contributed by atoms with Crippen molar-refractivity contribution in [3.63, 3.8) is 0 Å². The normalized spacial score (nSPS) is 18.9. The van der Waals surface area contributed by atoms with E-state index in [9.17, 15) is 4.79 Å². The van der Waals surface area contributed by atoms with Crippen molar-refractivity contribution in [3.8, 4) is 0 Å². The zero-order valence-electron chi connectivity index (χ0n) is 12.5. The molecule has 4 nitrogen and oxygen atoms in total. The van der Waals surface area contributed by atoms with Crippen molar-refractivity contribution in [2.45, 2.75) is 33.2 Å². The number of hydrogen-bond donors (Lipinski definition) is 1. The van der Waals surface area contributed by atoms with Gasteiger partial charge >= 0.3 is 6.03 Å². The predicted molar refractivity (Wildman–Crippen MR) is 82.7 cm³/mol. The number of nitrogens with two attached hydrogens (primary N) is 1. The molecule has 1 aromatic rings. The molecule has 2 N–H and O–H groups in total. The summed E-state index contributed by atoms with van der Waals surface area (Å²) >= 11 is 0. The van der Waals surface area contributed by atoms with Crippen molar-refractivity contribution in [1.29, 1.82) is 0 Å². The Morgan fingerprint density at radius 2 is 2.10 bits per heavy atom. The Kier molecular flexibility index (Phi) is 5.01. The van der Waals surface area contributed by atoms with E-state index in [-0.39, 0.29) is 6.03 Å². The van der Waals surface area contributed by atoms with Crippen molar-refractivity contribution in [3.05, 3.63) is 29.8 Å². The Bertz CT molecular complexity index is 444. The highest BCUT2D eigenvalue weighted by molar-refractivity contribution is 5.92. The highest BCUT2D eigenvalue weighted by Crippen LogP contribution is 2.21. The Balaban J connectivity index is 2.11. The quantitative estimate of drug-likeness (QED) is 0.922. The molecule has 2 amide bonds. The number of anilines is 1. The maximum atomic E-state index is 12.7. The highest BCUT2D eigenvalue weighted by atomic mass is 16.2. The van der Waals surface area contributed by atoms with Gasteiger partial charge in [0.15, 0.2) is 0 Å². The Labute approximate surface area is 121 Å². The molecule has 1 aromatic carbocycles. The number of likely N-dealkylation sites (tertiary alicyclic amines) is 1. The predicted octanol–water partition coefficient (Wildman–Crippen LogP) is 2.82. The van der Waals surface area contributed by atoms with Crippen LogP contribution in [-0.2, 0) is 6.54 Å². The molecular formula is C16H25N3O. The molecule has 1 fully saturated rings. The van der Waals surface area contributed by atoms with Crippen LogP contribution in [0.15, 0.2) is 24.3 Å². The number of carbonyl (C=O) groups excluding carboxylic acids is 1. The van der Waals surface area contributed by atoms with E-state index >= 15 is 0 Å². The standard InChI is InChI=1S/C16H25N3O/c1-3-19(15-8-6-14(11-17)7-9-15)16(20)18-10-4-5-13(2)12-18/h6-9,13H,3-5,10-12,17H2,1-2H3. The molecule has 0 saturated carbocycles. The third kappa shape index (κ3) is 3.31. The number of amides is 2. The van der Waals surface area contributed by atoms with Crippen LogP contribution in [0.1, 0.15) is 32.3 Å². The smallest absolute Gasteiger partial charge is 0.324 e. The van der Waals surface area contributed by atoms with Crippen LogP contribution in [0.3, 0.4) is 0 Å². The highest BCUT2D eigenvalue weighted by Gasteiger charge is 2.25. The number of carbonyl (C=O) groups is 1. The molecule has 20 heavy (non-hydrogen) atoms. The van der Waals surface area contributed by atoms with Gasteiger partial charge in [0.2, 0.25) is 0 Å². The number of piperidine rings is 1. The van der Waals surface area contributed by atoms with E-state index in [0.717, 1.165) is 30.8 Å². The summed E-state index contributed by atoms with van der Waals surface area (Å²) in [5.74, 6) is 0.603. The van der Waals surface area contributed by atoms with Crippen LogP contribution in [0.2, 0.25) is 0 Å². The van der Waals surface area contributed by atoms with Gasteiger partial charge in [-0.3, -0.25) is 4.90 Å². The van der Waals surface area contributed by atoms with Gasteiger partial charge in [-0.05, 0) is 43.4 Å². The first-order chi connectivity index (χ1) is 9.65. The average Bonchev–Trinajstić information content (AvgIpc) is 2.48. The molecular weight excluding hydrogens is 250 g/mol. The van der Waals surface area contributed by atoms with Crippen molar-refractivity contribution in [2.24, 2.45) is 11.7 Å². The van der Waals surface area contributed by atoms with Gasteiger partial charge in [-0.2, -0.15) is 0 Å². The second-order valence-corrected chi connectivity index (χ2v) is 5.59. The van der Waals surface area contributed by atoms with Gasteiger partial charge in [-0.1, -0.05) is 19.1 Å². The fraction of sp³-hybridized carbons (Fsp3) is 0.562. The van der Waals surface area contributed by atoms with Crippen LogP contribution >= 0.6 is 0 Å². The van der Waals surface area contributed by atoms with Gasteiger partial charge in [0.05, 0.1) is 0 Å². The molecule has 0 aliphatic carbocycles. The third-order valence-electron chi connectivity index (χ3n) is 3.96. The maximum Gasteiger partial charge on any atom is 0.324 e. The van der Waals surface area contributed by atoms with Crippen molar-refractivity contribution in [1.82, 2.24) is 4.90 Å². The van der Waals surface area contributed by atoms with E-state index in [1.165, 1.54) is 6.42 Å². The fourth-order valence-corrected chi connectivity index (χ4v) is 2.77. The zero-order valence-corrected chi connectivity index (χ0v) is 12.5. The lowest BCUT2D eigenvalue weighted by atomic mass is 10.0. The molecule has 1 aliphatic heterocycles. The van der Waals surface area contributed by atoms with E-state index in [4.69, 9.17) is 5.73 Å². The minimum atomic E-state index is 0.125. The molecule has 1 aliphatic rings. The number of rotatable bonds is 3. The SMILES string of the molecule is CCN(C(=O)N1CCCC(C)C1)c1ccc(CN)cc1. The molecule has 2 rings (SSSR count). The second kappa shape index (κ2) is 6.75. The third-order valence-corrected chi connectivity index (χ3v) is 3.96. The van der Waals surface area contributed by atoms with Crippen LogP contribution in [0, 0.1) is 5.92 Å². The van der Waals surface area contributed by atoms with Gasteiger partial charge < -0.3 is 10.6 Å². The lowest BCUT2D eigenvalue weighted by Crippen LogP contribution is -2.47. The first-order valence-electron chi connectivity index (χ1n) is 7.51. The van der Waals surface area contributed by atoms with Gasteiger partial charge in [0, 0.05) is 31.9 Å². The number of nitrogens with zero attached hydrogens (tertiary/aromatic N) is 2. The number of benzene rings is 1. The lowest BCUT2D eigenvalue weighted by molar-refractivity contribution is 0.176. The molecule has 1 heterocycles. The van der Waals surface area contributed by atoms with Crippen molar-refractivity contribution >= 4 is 11.7 Å². The molecule has 1 saturated heterocycles. The fourth-order valence-electron chi connectivity index (χ4n) is 2.77. The minimum absolute atomic E-state index is 0.125. The van der Waals surface area contributed by atoms with E-state index in [1.54, 1.807) is 0 Å². The summed E-state index contributed by atoms with van der Waals surface area (Å²) in [5.41, 5.74) is 7.65. The van der Waals surface area contributed by atoms with Gasteiger partial charge in [-0.15, -0.1) is 0 Å². The summed E-state index contributed by atoms with van der Waals surface area (Å²) < 4.78 is 0. The van der Waals surface area contributed by atoms with Gasteiger partial charge in [-0.25, -0.2) is 4.79 Å². The molecule has 1 atom stereocenters. The summed E-state index contributed by atoms with van der Waals surface area (Å²) in [5, 5.41) is 0. The first kappa shape index (κ1) is 14.9. The van der Waals surface area contributed by atoms with E-state index in [1.807, 2.05) is 41.0 Å². The van der Waals surface area contributed by atoms with Crippen LogP contribution in [0.4, 0.5) is 10.5 Å². The van der Waals surface area contributed by atoms with Crippen LogP contribution in [0.25, 0.3) is 0 Å². The molecule has 110 valence electrons. The first-order valence-corrected chi connectivity index (χ1v) is 7.51. The molecule has 0 radical (unpaired) electrons. The Morgan fingerprint density at radius 1 is 1.40 bits per heavy atom. The molecule has 1 unspecified atom stereocenters. The van der Waals surface area contributed by atoms with Gasteiger partial charge in [0.1, 0.15) is 0 Å². The minimum Gasteiger partial charge on any atom is -0.326 e. The Hall–Kier alpha value is -1.55. The number of hydrogen-bond acceptors (Lipinski definition) is 2. The molecule has 0 bridgehead atoms. The van der Waals surface area contributed by atoms with Crippen LogP contribution < -0.4 is 10.6 Å². The zero-order chi connectivity index (χ0) is 14.5. The van der Waals surface area contributed by atoms with Crippen molar-refractivity contribution < 1.29 is 4.79 Å². The average molecular weight is 275 g/mol. The van der Waals surface area contributed by atoms with Gasteiger partial charge in [0.25, 0.3) is 0 Å². The maximum absolute atomic E-state index is 12.7. The summed E-state index contributed by atoms with van der Waals surface area (Å²) in [6, 6.07) is 8.07. The molecule has 0 spiro atoms. The summed E-state index contributed by atoms with van der Waals surface area (Å²) in [7, 11) is 0. The van der Waals surface area contributed by atoms with Crippen LogP contribution in [0.5, 0.6) is 0 Å². The Morgan fingerprint density at radius 3 is 2.65 bits per heavy atom. The summed E-state index contributed by atoms with van der Waals surface area (Å²) in [6.45, 7) is 7.19. The lowest BCUT2D eigenvalue weighted by Gasteiger charge is -2.35. The molecule has 0 aromatic heterocycles. The summed E-state index contributed by atoms with van der Waals surface area (Å²) in [4.78, 5) is 16.5. The summed E-state index contributed by atoms with van der Waals surface area (Å²) in [6.07, 6.45) is 2.33. The van der Waals surface area contributed by atoms with E-state index in [2.05, 4.69) is 6.92 Å². The van der Waals surface area contributed by atoms with Crippen LogP contribution in [-0.4, -0.2) is 30.6 Å². The topological polar surface area (TPSA) is 49.6 Å². The van der Waals surface area contributed by atoms with E-state index in [0.29, 0.717) is 19.0 Å². The number of urea groups is 1. The second-order valence-electron chi connectivity index (χ2n) is 5.59.